The van der Waals surface area contributed by atoms with Gasteiger partial charge in [0, 0.05) is 6.42 Å². The smallest absolute Gasteiger partial charge is 0.303 e. The molecule has 116 valence electrons. The van der Waals surface area contributed by atoms with Crippen LogP contribution in [0.15, 0.2) is 48.5 Å². The SMILES string of the molecule is COc1ccc(-c2cccc(CCC(C)CC(=O)O)c2)cc1. The minimum absolute atomic E-state index is 0.196. The normalized spacial score (nSPS) is 11.9. The first-order chi connectivity index (χ1) is 10.6. The summed E-state index contributed by atoms with van der Waals surface area (Å²) in [5, 5.41) is 8.81. The minimum Gasteiger partial charge on any atom is -0.497 e. The molecule has 22 heavy (non-hydrogen) atoms. The molecule has 2 rings (SSSR count). The van der Waals surface area contributed by atoms with Gasteiger partial charge in [0.1, 0.15) is 5.75 Å². The van der Waals surface area contributed by atoms with E-state index in [2.05, 4.69) is 24.3 Å². The number of hydrogen-bond donors (Lipinski definition) is 1. The molecule has 3 nitrogen and oxygen atoms in total. The molecule has 0 aliphatic heterocycles. The van der Waals surface area contributed by atoms with Crippen LogP contribution in [0, 0.1) is 5.92 Å². The third kappa shape index (κ3) is 4.62. The van der Waals surface area contributed by atoms with Gasteiger partial charge in [-0.2, -0.15) is 0 Å². The molecule has 0 aliphatic carbocycles. The van der Waals surface area contributed by atoms with Gasteiger partial charge in [0.2, 0.25) is 0 Å². The number of aliphatic carboxylic acids is 1. The maximum atomic E-state index is 10.7. The number of benzene rings is 2. The Morgan fingerprint density at radius 1 is 1.14 bits per heavy atom. The van der Waals surface area contributed by atoms with Crippen molar-refractivity contribution < 1.29 is 14.6 Å². The maximum Gasteiger partial charge on any atom is 0.303 e. The average molecular weight is 298 g/mol. The number of rotatable bonds is 7. The molecule has 2 aromatic rings. The van der Waals surface area contributed by atoms with Crippen molar-refractivity contribution in [3.63, 3.8) is 0 Å². The molecule has 0 heterocycles. The van der Waals surface area contributed by atoms with Crippen LogP contribution in [0.1, 0.15) is 25.3 Å². The molecule has 1 unspecified atom stereocenters. The highest BCUT2D eigenvalue weighted by Crippen LogP contribution is 2.24. The van der Waals surface area contributed by atoms with Crippen molar-refractivity contribution in [3.05, 3.63) is 54.1 Å². The molecule has 0 saturated carbocycles. The summed E-state index contributed by atoms with van der Waals surface area (Å²) >= 11 is 0. The second kappa shape index (κ2) is 7.64. The first-order valence-electron chi connectivity index (χ1n) is 7.53. The molecule has 1 N–H and O–H groups in total. The highest BCUT2D eigenvalue weighted by Gasteiger charge is 2.08. The topological polar surface area (TPSA) is 46.5 Å². The summed E-state index contributed by atoms with van der Waals surface area (Å²) in [5.41, 5.74) is 3.57. The molecule has 0 spiro atoms. The predicted octanol–water partition coefficient (Wildman–Crippen LogP) is 4.41. The van der Waals surface area contributed by atoms with Gasteiger partial charge in [-0.15, -0.1) is 0 Å². The minimum atomic E-state index is -0.723. The van der Waals surface area contributed by atoms with E-state index in [9.17, 15) is 4.79 Å². The molecule has 0 fully saturated rings. The Kier molecular flexibility index (Phi) is 5.59. The Hall–Kier alpha value is -2.29. The van der Waals surface area contributed by atoms with Crippen molar-refractivity contribution in [3.8, 4) is 16.9 Å². The zero-order valence-electron chi connectivity index (χ0n) is 13.1. The monoisotopic (exact) mass is 298 g/mol. The van der Waals surface area contributed by atoms with E-state index in [4.69, 9.17) is 9.84 Å². The van der Waals surface area contributed by atoms with Crippen molar-refractivity contribution in [1.82, 2.24) is 0 Å². The van der Waals surface area contributed by atoms with Gasteiger partial charge in [0.05, 0.1) is 7.11 Å². The third-order valence-corrected chi connectivity index (χ3v) is 3.80. The van der Waals surface area contributed by atoms with E-state index in [0.717, 1.165) is 24.2 Å². The first-order valence-corrected chi connectivity index (χ1v) is 7.53. The molecule has 3 heteroatoms. The van der Waals surface area contributed by atoms with Crippen LogP contribution in [0.2, 0.25) is 0 Å². The van der Waals surface area contributed by atoms with Gasteiger partial charge >= 0.3 is 5.97 Å². The predicted molar refractivity (Wildman–Crippen MR) is 88.2 cm³/mol. The van der Waals surface area contributed by atoms with Gasteiger partial charge in [0.15, 0.2) is 0 Å². The van der Waals surface area contributed by atoms with E-state index < -0.39 is 5.97 Å². The lowest BCUT2D eigenvalue weighted by molar-refractivity contribution is -0.138. The number of carbonyl (C=O) groups is 1. The second-order valence-corrected chi connectivity index (χ2v) is 5.67. The molecule has 0 amide bonds. The largest absolute Gasteiger partial charge is 0.497 e. The number of aryl methyl sites for hydroxylation is 1. The van der Waals surface area contributed by atoms with Crippen LogP contribution in [-0.2, 0) is 11.2 Å². The van der Waals surface area contributed by atoms with Crippen LogP contribution in [0.3, 0.4) is 0 Å². The Morgan fingerprint density at radius 3 is 2.50 bits per heavy atom. The van der Waals surface area contributed by atoms with Crippen molar-refractivity contribution >= 4 is 5.97 Å². The summed E-state index contributed by atoms with van der Waals surface area (Å²) < 4.78 is 5.18. The Bertz CT molecular complexity index is 617. The highest BCUT2D eigenvalue weighted by atomic mass is 16.5. The van der Waals surface area contributed by atoms with Crippen LogP contribution in [0.4, 0.5) is 0 Å². The van der Waals surface area contributed by atoms with Crippen LogP contribution in [0.25, 0.3) is 11.1 Å². The number of carboxylic acid groups (broad SMARTS) is 1. The fraction of sp³-hybridized carbons (Fsp3) is 0.316. The molecule has 0 radical (unpaired) electrons. The summed E-state index contributed by atoms with van der Waals surface area (Å²) in [4.78, 5) is 10.7. The van der Waals surface area contributed by atoms with E-state index in [1.165, 1.54) is 11.1 Å². The second-order valence-electron chi connectivity index (χ2n) is 5.67. The molecular weight excluding hydrogens is 276 g/mol. The fourth-order valence-corrected chi connectivity index (χ4v) is 2.50. The van der Waals surface area contributed by atoms with Gasteiger partial charge in [-0.25, -0.2) is 0 Å². The van der Waals surface area contributed by atoms with Crippen molar-refractivity contribution in [2.75, 3.05) is 7.11 Å². The Labute approximate surface area is 131 Å². The van der Waals surface area contributed by atoms with Gasteiger partial charge in [-0.1, -0.05) is 43.3 Å². The Balaban J connectivity index is 2.04. The standard InChI is InChI=1S/C19H22O3/c1-14(12-19(20)21)6-7-15-4-3-5-17(13-15)16-8-10-18(22-2)11-9-16/h3-5,8-11,13-14H,6-7,12H2,1-2H3,(H,20,21). The fourth-order valence-electron chi connectivity index (χ4n) is 2.50. The highest BCUT2D eigenvalue weighted by molar-refractivity contribution is 5.67. The van der Waals surface area contributed by atoms with E-state index in [1.807, 2.05) is 31.2 Å². The van der Waals surface area contributed by atoms with Crippen LogP contribution in [0.5, 0.6) is 5.75 Å². The van der Waals surface area contributed by atoms with Crippen LogP contribution in [-0.4, -0.2) is 18.2 Å². The molecule has 0 saturated heterocycles. The lowest BCUT2D eigenvalue weighted by Gasteiger charge is -2.10. The molecule has 0 aliphatic rings. The zero-order chi connectivity index (χ0) is 15.9. The van der Waals surface area contributed by atoms with Crippen LogP contribution >= 0.6 is 0 Å². The lowest BCUT2D eigenvalue weighted by atomic mass is 9.96. The average Bonchev–Trinajstić information content (AvgIpc) is 2.53. The number of methoxy groups -OCH3 is 1. The van der Waals surface area contributed by atoms with Crippen molar-refractivity contribution in [1.29, 1.82) is 0 Å². The summed E-state index contributed by atoms with van der Waals surface area (Å²) in [6, 6.07) is 16.4. The summed E-state index contributed by atoms with van der Waals surface area (Å²) in [6.45, 7) is 1.99. The van der Waals surface area contributed by atoms with Gasteiger partial charge in [-0.3, -0.25) is 4.79 Å². The van der Waals surface area contributed by atoms with Crippen LogP contribution < -0.4 is 4.74 Å². The Morgan fingerprint density at radius 2 is 1.86 bits per heavy atom. The van der Waals surface area contributed by atoms with Crippen molar-refractivity contribution in [2.45, 2.75) is 26.2 Å². The molecule has 1 atom stereocenters. The van der Waals surface area contributed by atoms with E-state index in [0.29, 0.717) is 0 Å². The summed E-state index contributed by atoms with van der Waals surface area (Å²) in [6.07, 6.45) is 2.02. The molecule has 2 aromatic carbocycles. The molecule has 0 bridgehead atoms. The van der Waals surface area contributed by atoms with Crippen molar-refractivity contribution in [2.24, 2.45) is 5.92 Å². The third-order valence-electron chi connectivity index (χ3n) is 3.80. The molecular formula is C19H22O3. The van der Waals surface area contributed by atoms with Gasteiger partial charge < -0.3 is 9.84 Å². The number of carboxylic acids is 1. The van der Waals surface area contributed by atoms with Gasteiger partial charge in [-0.05, 0) is 47.6 Å². The zero-order valence-corrected chi connectivity index (χ0v) is 13.1. The molecule has 0 aromatic heterocycles. The van der Waals surface area contributed by atoms with E-state index in [1.54, 1.807) is 7.11 Å². The quantitative estimate of drug-likeness (QED) is 0.823. The van der Waals surface area contributed by atoms with Gasteiger partial charge in [0.25, 0.3) is 0 Å². The number of hydrogen-bond acceptors (Lipinski definition) is 2. The lowest BCUT2D eigenvalue weighted by Crippen LogP contribution is -2.05. The maximum absolute atomic E-state index is 10.7. The van der Waals surface area contributed by atoms with E-state index >= 15 is 0 Å². The number of ether oxygens (including phenoxy) is 1. The summed E-state index contributed by atoms with van der Waals surface area (Å²) in [7, 11) is 1.66. The van der Waals surface area contributed by atoms with E-state index in [-0.39, 0.29) is 12.3 Å². The first kappa shape index (κ1) is 16.1. The summed E-state index contributed by atoms with van der Waals surface area (Å²) in [5.74, 6) is 0.323.